The van der Waals surface area contributed by atoms with E-state index in [4.69, 9.17) is 0 Å². The lowest BCUT2D eigenvalue weighted by Gasteiger charge is -2.49. The average Bonchev–Trinajstić information content (AvgIpc) is 2.88. The number of likely N-dealkylation sites (tertiary alicyclic amines) is 1. The molecule has 2 rings (SSSR count). The number of nitrogens with one attached hydrogen (secondary N) is 1. The molecule has 1 fully saturated rings. The Morgan fingerprint density at radius 3 is 2.59 bits per heavy atom. The Morgan fingerprint density at radius 2 is 2.14 bits per heavy atom. The third-order valence-electron chi connectivity index (χ3n) is 4.00. The molecule has 2 amide bonds. The summed E-state index contributed by atoms with van der Waals surface area (Å²) in [7, 11) is -3.69. The van der Waals surface area contributed by atoms with E-state index in [2.05, 4.69) is 4.72 Å². The van der Waals surface area contributed by atoms with E-state index >= 15 is 0 Å². The van der Waals surface area contributed by atoms with Gasteiger partial charge in [-0.1, -0.05) is 0 Å². The molecule has 1 aliphatic heterocycles. The zero-order valence-corrected chi connectivity index (χ0v) is 14.5. The van der Waals surface area contributed by atoms with E-state index in [-0.39, 0.29) is 12.3 Å². The van der Waals surface area contributed by atoms with Crippen molar-refractivity contribution in [3.05, 3.63) is 22.4 Å². The summed E-state index contributed by atoms with van der Waals surface area (Å²) >= 11 is 1.51. The molecule has 2 heterocycles. The maximum atomic E-state index is 12.3. The molecule has 6 nitrogen and oxygen atoms in total. The lowest BCUT2D eigenvalue weighted by Crippen LogP contribution is -2.68. The molecule has 1 N–H and O–H groups in total. The van der Waals surface area contributed by atoms with Gasteiger partial charge in [-0.15, -0.1) is 0 Å². The van der Waals surface area contributed by atoms with Gasteiger partial charge in [-0.25, -0.2) is 8.42 Å². The molecule has 0 aliphatic carbocycles. The van der Waals surface area contributed by atoms with Crippen LogP contribution in [0.1, 0.15) is 32.8 Å². The molecule has 1 aromatic rings. The van der Waals surface area contributed by atoms with Crippen LogP contribution in [0.25, 0.3) is 0 Å². The van der Waals surface area contributed by atoms with Crippen LogP contribution in [0.2, 0.25) is 0 Å². The van der Waals surface area contributed by atoms with Crippen LogP contribution < -0.4 is 4.72 Å². The Kier molecular flexibility index (Phi) is 4.62. The molecule has 0 spiro atoms. The van der Waals surface area contributed by atoms with Crippen LogP contribution >= 0.6 is 11.3 Å². The fraction of sp³-hybridized carbons (Fsp3) is 0.571. The van der Waals surface area contributed by atoms with Gasteiger partial charge in [0.15, 0.2) is 0 Å². The molecule has 0 saturated carbocycles. The topological polar surface area (TPSA) is 83.6 Å². The second kappa shape index (κ2) is 6.00. The lowest BCUT2D eigenvalue weighted by atomic mass is 9.85. The zero-order chi connectivity index (χ0) is 16.5. The van der Waals surface area contributed by atoms with Crippen LogP contribution in [-0.2, 0) is 26.0 Å². The number of amides is 2. The predicted molar refractivity (Wildman–Crippen MR) is 85.0 cm³/mol. The third-order valence-corrected chi connectivity index (χ3v) is 6.44. The third kappa shape index (κ3) is 3.17. The molecule has 0 bridgehead atoms. The van der Waals surface area contributed by atoms with Crippen LogP contribution in [-0.4, -0.2) is 42.5 Å². The van der Waals surface area contributed by atoms with Gasteiger partial charge in [0.2, 0.25) is 15.9 Å². The van der Waals surface area contributed by atoms with Crippen molar-refractivity contribution in [2.75, 3.05) is 6.54 Å². The molecule has 1 aliphatic rings. The van der Waals surface area contributed by atoms with Crippen molar-refractivity contribution >= 4 is 33.2 Å². The smallest absolute Gasteiger partial charge is 0.259 e. The second-order valence-corrected chi connectivity index (χ2v) is 8.92. The molecule has 122 valence electrons. The molecule has 0 aromatic carbocycles. The van der Waals surface area contributed by atoms with Gasteiger partial charge in [0.05, 0.1) is 11.7 Å². The first-order chi connectivity index (χ1) is 10.2. The van der Waals surface area contributed by atoms with Gasteiger partial charge in [0.25, 0.3) is 5.91 Å². The number of hydrogen-bond acceptors (Lipinski definition) is 5. The molecule has 1 saturated heterocycles. The van der Waals surface area contributed by atoms with Crippen molar-refractivity contribution < 1.29 is 18.0 Å². The minimum atomic E-state index is -3.69. The Labute approximate surface area is 134 Å². The lowest BCUT2D eigenvalue weighted by molar-refractivity contribution is -0.156. The highest BCUT2D eigenvalue weighted by Crippen LogP contribution is 2.31. The van der Waals surface area contributed by atoms with E-state index in [0.717, 1.165) is 5.56 Å². The maximum Gasteiger partial charge on any atom is 0.259 e. The summed E-state index contributed by atoms with van der Waals surface area (Å²) in [5.41, 5.74) is -0.186. The highest BCUT2D eigenvalue weighted by Gasteiger charge is 2.50. The van der Waals surface area contributed by atoms with Gasteiger partial charge in [0.1, 0.15) is 5.54 Å². The van der Waals surface area contributed by atoms with Gasteiger partial charge in [-0.05, 0) is 49.6 Å². The van der Waals surface area contributed by atoms with Gasteiger partial charge in [-0.3, -0.25) is 14.3 Å². The fourth-order valence-electron chi connectivity index (χ4n) is 2.22. The molecular formula is C14H20N2O4S2. The van der Waals surface area contributed by atoms with E-state index < -0.39 is 26.7 Å². The summed E-state index contributed by atoms with van der Waals surface area (Å²) in [5.74, 6) is -0.796. The standard InChI is InChI=1S/C14H20N2O4S2/c1-10(2)22(19,20)15-13(18)14(3)5-6-16(14)12(17)8-11-4-7-21-9-11/h4,7,9-10H,5-6,8H2,1-3H3,(H,15,18). The van der Waals surface area contributed by atoms with Crippen molar-refractivity contribution in [3.8, 4) is 0 Å². The molecule has 0 radical (unpaired) electrons. The number of thiophene rings is 1. The van der Waals surface area contributed by atoms with Crippen molar-refractivity contribution in [2.45, 2.75) is 44.4 Å². The number of sulfonamides is 1. The molecule has 1 unspecified atom stereocenters. The minimum absolute atomic E-state index is 0.163. The molecule has 1 aromatic heterocycles. The average molecular weight is 344 g/mol. The number of rotatable bonds is 5. The fourth-order valence-corrected chi connectivity index (χ4v) is 3.60. The Balaban J connectivity index is 2.07. The molecular weight excluding hydrogens is 324 g/mol. The normalized spacial score (nSPS) is 21.5. The summed E-state index contributed by atoms with van der Waals surface area (Å²) in [4.78, 5) is 26.1. The van der Waals surface area contributed by atoms with Crippen LogP contribution in [0.15, 0.2) is 16.8 Å². The van der Waals surface area contributed by atoms with Crippen molar-refractivity contribution in [3.63, 3.8) is 0 Å². The predicted octanol–water partition coefficient (Wildman–Crippen LogP) is 1.14. The monoisotopic (exact) mass is 344 g/mol. The highest BCUT2D eigenvalue weighted by atomic mass is 32.2. The number of carbonyl (C=O) groups is 2. The van der Waals surface area contributed by atoms with Crippen LogP contribution in [0.5, 0.6) is 0 Å². The van der Waals surface area contributed by atoms with E-state index in [9.17, 15) is 18.0 Å². The van der Waals surface area contributed by atoms with Gasteiger partial charge in [-0.2, -0.15) is 11.3 Å². The highest BCUT2D eigenvalue weighted by molar-refractivity contribution is 7.90. The van der Waals surface area contributed by atoms with E-state index in [1.165, 1.54) is 30.1 Å². The summed E-state index contributed by atoms with van der Waals surface area (Å²) in [6.07, 6.45) is 0.686. The maximum absolute atomic E-state index is 12.3. The minimum Gasteiger partial charge on any atom is -0.328 e. The van der Waals surface area contributed by atoms with Crippen molar-refractivity contribution in [2.24, 2.45) is 0 Å². The number of nitrogens with zero attached hydrogens (tertiary/aromatic N) is 1. The number of carbonyl (C=O) groups excluding carboxylic acids is 2. The summed E-state index contributed by atoms with van der Waals surface area (Å²) < 4.78 is 25.7. The largest absolute Gasteiger partial charge is 0.328 e. The van der Waals surface area contributed by atoms with Crippen LogP contribution in [0, 0.1) is 0 Å². The number of hydrogen-bond donors (Lipinski definition) is 1. The van der Waals surface area contributed by atoms with E-state index in [0.29, 0.717) is 13.0 Å². The SMILES string of the molecule is CC(C)S(=O)(=O)NC(=O)C1(C)CCN1C(=O)Cc1ccsc1. The van der Waals surface area contributed by atoms with Gasteiger partial charge in [0, 0.05) is 6.54 Å². The molecule has 1 atom stereocenters. The Morgan fingerprint density at radius 1 is 1.45 bits per heavy atom. The van der Waals surface area contributed by atoms with Crippen LogP contribution in [0.4, 0.5) is 0 Å². The first-order valence-electron chi connectivity index (χ1n) is 7.04. The Bertz CT molecular complexity index is 667. The summed E-state index contributed by atoms with van der Waals surface area (Å²) in [5, 5.41) is 3.08. The Hall–Kier alpha value is -1.41. The first-order valence-corrected chi connectivity index (χ1v) is 9.53. The first kappa shape index (κ1) is 17.0. The summed E-state index contributed by atoms with van der Waals surface area (Å²) in [6.45, 7) is 5.07. The van der Waals surface area contributed by atoms with E-state index in [1.807, 2.05) is 16.8 Å². The van der Waals surface area contributed by atoms with Crippen molar-refractivity contribution in [1.82, 2.24) is 9.62 Å². The van der Waals surface area contributed by atoms with Crippen molar-refractivity contribution in [1.29, 1.82) is 0 Å². The van der Waals surface area contributed by atoms with Gasteiger partial charge < -0.3 is 4.90 Å². The van der Waals surface area contributed by atoms with E-state index in [1.54, 1.807) is 6.92 Å². The van der Waals surface area contributed by atoms with Crippen LogP contribution in [0.3, 0.4) is 0 Å². The summed E-state index contributed by atoms with van der Waals surface area (Å²) in [6, 6.07) is 1.86. The van der Waals surface area contributed by atoms with Gasteiger partial charge >= 0.3 is 0 Å². The second-order valence-electron chi connectivity index (χ2n) is 5.90. The molecule has 22 heavy (non-hydrogen) atoms. The molecule has 8 heteroatoms. The quantitative estimate of drug-likeness (QED) is 0.868. The zero-order valence-electron chi connectivity index (χ0n) is 12.8.